The molecule has 0 amide bonds. The van der Waals surface area contributed by atoms with Crippen molar-refractivity contribution in [2.75, 3.05) is 0 Å². The Balaban J connectivity index is 3.05. The van der Waals surface area contributed by atoms with Crippen LogP contribution in [0.4, 0.5) is 0 Å². The molecule has 0 aromatic carbocycles. The third kappa shape index (κ3) is 1.52. The molecule has 1 rings (SSSR count). The second-order valence-corrected chi connectivity index (χ2v) is 3.69. The third-order valence-electron chi connectivity index (χ3n) is 1.20. The van der Waals surface area contributed by atoms with Crippen molar-refractivity contribution in [3.8, 4) is 0 Å². The van der Waals surface area contributed by atoms with Gasteiger partial charge in [0, 0.05) is 11.6 Å². The average molecular weight is 142 g/mol. The Morgan fingerprint density at radius 2 is 2.33 bits per heavy atom. The largest absolute Gasteiger partial charge is 0.201 e. The van der Waals surface area contributed by atoms with Gasteiger partial charge in [-0.1, -0.05) is 20.8 Å². The monoisotopic (exact) mass is 142 g/mol. The SMILES string of the molecule is [2H]c1sncc1C(C)(C)C. The molecule has 0 aliphatic rings. The van der Waals surface area contributed by atoms with E-state index < -0.39 is 0 Å². The minimum atomic E-state index is 0.0735. The van der Waals surface area contributed by atoms with Crippen LogP contribution < -0.4 is 0 Å². The molecule has 0 saturated heterocycles. The summed E-state index contributed by atoms with van der Waals surface area (Å²) < 4.78 is 11.4. The molecule has 0 saturated carbocycles. The fourth-order valence-corrected chi connectivity index (χ4v) is 1.20. The molecular formula is C7H11NS. The minimum absolute atomic E-state index is 0.0735. The normalized spacial score (nSPS) is 13.4. The maximum atomic E-state index is 7.46. The Bertz CT molecular complexity index is 224. The van der Waals surface area contributed by atoms with Crippen LogP contribution in [0.2, 0.25) is 0 Å². The molecule has 0 N–H and O–H groups in total. The lowest BCUT2D eigenvalue weighted by Crippen LogP contribution is -2.08. The van der Waals surface area contributed by atoms with Crippen molar-refractivity contribution in [2.24, 2.45) is 0 Å². The summed E-state index contributed by atoms with van der Waals surface area (Å²) in [4.78, 5) is 0. The van der Waals surface area contributed by atoms with Crippen LogP contribution >= 0.6 is 11.5 Å². The van der Waals surface area contributed by atoms with Crippen LogP contribution in [-0.2, 0) is 5.41 Å². The molecule has 50 valence electrons. The first-order chi connectivity index (χ1) is 4.52. The Morgan fingerprint density at radius 3 is 2.56 bits per heavy atom. The maximum absolute atomic E-state index is 7.46. The Hall–Kier alpha value is -0.370. The molecule has 9 heavy (non-hydrogen) atoms. The molecule has 1 nitrogen and oxygen atoms in total. The molecule has 0 atom stereocenters. The topological polar surface area (TPSA) is 12.9 Å². The Labute approximate surface area is 61.3 Å². The highest BCUT2D eigenvalue weighted by Gasteiger charge is 2.13. The van der Waals surface area contributed by atoms with E-state index in [1.165, 1.54) is 11.5 Å². The number of nitrogens with zero attached hydrogens (tertiary/aromatic N) is 1. The lowest BCUT2D eigenvalue weighted by Gasteiger charge is -2.14. The van der Waals surface area contributed by atoms with Crippen molar-refractivity contribution >= 4 is 11.5 Å². The Morgan fingerprint density at radius 1 is 1.67 bits per heavy atom. The molecule has 0 spiro atoms. The van der Waals surface area contributed by atoms with Gasteiger partial charge in [-0.2, -0.15) is 0 Å². The zero-order valence-electron chi connectivity index (χ0n) is 6.93. The van der Waals surface area contributed by atoms with Crippen LogP contribution in [0.1, 0.15) is 27.7 Å². The van der Waals surface area contributed by atoms with Gasteiger partial charge >= 0.3 is 0 Å². The van der Waals surface area contributed by atoms with Gasteiger partial charge < -0.3 is 0 Å². The van der Waals surface area contributed by atoms with E-state index in [1.807, 2.05) is 0 Å². The lowest BCUT2D eigenvalue weighted by molar-refractivity contribution is 0.591. The molecule has 1 heterocycles. The van der Waals surface area contributed by atoms with Crippen LogP contribution in [0.5, 0.6) is 0 Å². The van der Waals surface area contributed by atoms with Gasteiger partial charge in [-0.05, 0) is 22.5 Å². The van der Waals surface area contributed by atoms with Crippen LogP contribution in [0.3, 0.4) is 0 Å². The quantitative estimate of drug-likeness (QED) is 0.542. The van der Waals surface area contributed by atoms with E-state index in [9.17, 15) is 0 Å². The fourth-order valence-electron chi connectivity index (χ4n) is 0.528. The summed E-state index contributed by atoms with van der Waals surface area (Å²) in [5.74, 6) is 0. The minimum Gasteiger partial charge on any atom is -0.201 e. The molecule has 0 unspecified atom stereocenters. The van der Waals surface area contributed by atoms with E-state index in [0.717, 1.165) is 5.56 Å². The van der Waals surface area contributed by atoms with Crippen molar-refractivity contribution in [2.45, 2.75) is 26.2 Å². The van der Waals surface area contributed by atoms with E-state index >= 15 is 0 Å². The molecule has 0 fully saturated rings. The highest BCUT2D eigenvalue weighted by Crippen LogP contribution is 2.21. The van der Waals surface area contributed by atoms with Gasteiger partial charge in [0.2, 0.25) is 0 Å². The molecule has 0 aliphatic heterocycles. The van der Waals surface area contributed by atoms with Gasteiger partial charge in [0.1, 0.15) is 0 Å². The van der Waals surface area contributed by atoms with E-state index in [4.69, 9.17) is 1.37 Å². The number of aromatic nitrogens is 1. The number of hydrogen-bond acceptors (Lipinski definition) is 2. The lowest BCUT2D eigenvalue weighted by atomic mass is 9.90. The van der Waals surface area contributed by atoms with Crippen LogP contribution in [0.25, 0.3) is 0 Å². The summed E-state index contributed by atoms with van der Waals surface area (Å²) in [6.07, 6.45) is 1.78. The summed E-state index contributed by atoms with van der Waals surface area (Å²) in [5, 5.41) is 0.590. The first kappa shape index (κ1) is 5.42. The average Bonchev–Trinajstić information content (AvgIpc) is 2.11. The molecule has 1 aromatic heterocycles. The summed E-state index contributed by atoms with van der Waals surface area (Å²) in [7, 11) is 0. The van der Waals surface area contributed by atoms with Gasteiger partial charge in [0.25, 0.3) is 0 Å². The molecule has 0 bridgehead atoms. The summed E-state index contributed by atoms with van der Waals surface area (Å²) >= 11 is 1.25. The second-order valence-electron chi connectivity index (χ2n) is 3.09. The van der Waals surface area contributed by atoms with Gasteiger partial charge in [0.15, 0.2) is 0 Å². The zero-order chi connectivity index (χ0) is 7.78. The van der Waals surface area contributed by atoms with Gasteiger partial charge in [-0.15, -0.1) is 0 Å². The predicted molar refractivity (Wildman–Crippen MR) is 40.8 cm³/mol. The number of rotatable bonds is 0. The van der Waals surface area contributed by atoms with E-state index in [-0.39, 0.29) is 5.41 Å². The van der Waals surface area contributed by atoms with Crippen molar-refractivity contribution in [1.29, 1.82) is 0 Å². The summed E-state index contributed by atoms with van der Waals surface area (Å²) in [6.45, 7) is 6.28. The van der Waals surface area contributed by atoms with Gasteiger partial charge in [-0.25, -0.2) is 4.37 Å². The van der Waals surface area contributed by atoms with Crippen LogP contribution in [0.15, 0.2) is 11.6 Å². The van der Waals surface area contributed by atoms with Crippen LogP contribution in [0, 0.1) is 0 Å². The smallest absolute Gasteiger partial charge is 0.0760 e. The van der Waals surface area contributed by atoms with Crippen molar-refractivity contribution in [1.82, 2.24) is 4.37 Å². The molecule has 0 radical (unpaired) electrons. The fraction of sp³-hybridized carbons (Fsp3) is 0.571. The van der Waals surface area contributed by atoms with Gasteiger partial charge in [-0.3, -0.25) is 0 Å². The first-order valence-corrected chi connectivity index (χ1v) is 3.71. The molecule has 0 aliphatic carbocycles. The summed E-state index contributed by atoms with van der Waals surface area (Å²) in [6, 6.07) is 0. The van der Waals surface area contributed by atoms with Crippen LogP contribution in [-0.4, -0.2) is 4.37 Å². The van der Waals surface area contributed by atoms with Gasteiger partial charge in [0.05, 0.1) is 1.37 Å². The van der Waals surface area contributed by atoms with E-state index in [1.54, 1.807) is 6.20 Å². The van der Waals surface area contributed by atoms with Crippen molar-refractivity contribution in [3.63, 3.8) is 0 Å². The predicted octanol–water partition coefficient (Wildman–Crippen LogP) is 2.44. The Kier molecular flexibility index (Phi) is 1.27. The zero-order valence-corrected chi connectivity index (χ0v) is 6.75. The summed E-state index contributed by atoms with van der Waals surface area (Å²) in [5.41, 5.74) is 1.11. The maximum Gasteiger partial charge on any atom is 0.0760 e. The molecule has 1 aromatic rings. The highest BCUT2D eigenvalue weighted by atomic mass is 32.1. The third-order valence-corrected chi connectivity index (χ3v) is 1.72. The van der Waals surface area contributed by atoms with E-state index in [0.29, 0.717) is 5.36 Å². The molecular weight excluding hydrogens is 130 g/mol. The van der Waals surface area contributed by atoms with Crippen molar-refractivity contribution in [3.05, 3.63) is 17.1 Å². The van der Waals surface area contributed by atoms with E-state index in [2.05, 4.69) is 25.1 Å². The number of hydrogen-bond donors (Lipinski definition) is 0. The standard InChI is InChI=1S/C7H11NS/c1-7(2,3)6-4-8-9-5-6/h4-5H,1-3H3/i5D. The molecule has 2 heteroatoms. The van der Waals surface area contributed by atoms with Crippen molar-refractivity contribution < 1.29 is 1.37 Å². The first-order valence-electron chi connectivity index (χ1n) is 3.43. The highest BCUT2D eigenvalue weighted by molar-refractivity contribution is 7.03. The second kappa shape index (κ2) is 2.10.